The van der Waals surface area contributed by atoms with Crippen molar-refractivity contribution < 1.29 is 17.7 Å². The molecule has 1 fully saturated rings. The molecule has 1 aliphatic heterocycles. The highest BCUT2D eigenvalue weighted by Crippen LogP contribution is 2.22. The van der Waals surface area contributed by atoms with Crippen molar-refractivity contribution in [3.63, 3.8) is 0 Å². The van der Waals surface area contributed by atoms with Crippen molar-refractivity contribution in [2.24, 2.45) is 0 Å². The van der Waals surface area contributed by atoms with Crippen LogP contribution in [-0.4, -0.2) is 37.0 Å². The molecule has 7 heteroatoms. The van der Waals surface area contributed by atoms with Gasteiger partial charge in [-0.3, -0.25) is 4.79 Å². The molecule has 0 bridgehead atoms. The number of hydrogen-bond donors (Lipinski definition) is 1. The molecule has 1 N–H and O–H groups in total. The smallest absolute Gasteiger partial charge is 0.257 e. The molecule has 0 spiro atoms. The minimum absolute atomic E-state index is 0.118. The minimum atomic E-state index is -2.94. The second kappa shape index (κ2) is 5.92. The number of benzene rings is 1. The maximum atomic E-state index is 12.4. The molecular formula is C15H16N2O4S. The van der Waals surface area contributed by atoms with Gasteiger partial charge in [0, 0.05) is 11.6 Å². The summed E-state index contributed by atoms with van der Waals surface area (Å²) in [5, 5.41) is 6.76. The van der Waals surface area contributed by atoms with Crippen molar-refractivity contribution in [1.29, 1.82) is 0 Å². The van der Waals surface area contributed by atoms with Gasteiger partial charge in [-0.1, -0.05) is 35.5 Å². The molecule has 0 unspecified atom stereocenters. The van der Waals surface area contributed by atoms with Crippen LogP contribution < -0.4 is 5.32 Å². The molecule has 1 aliphatic rings. The van der Waals surface area contributed by atoms with Gasteiger partial charge in [-0.25, -0.2) is 8.42 Å². The molecule has 1 saturated heterocycles. The van der Waals surface area contributed by atoms with Crippen LogP contribution in [0.25, 0.3) is 11.3 Å². The van der Waals surface area contributed by atoms with E-state index in [-0.39, 0.29) is 23.5 Å². The van der Waals surface area contributed by atoms with Crippen LogP contribution in [0.15, 0.2) is 41.1 Å². The Hall–Kier alpha value is -2.15. The molecule has 0 atom stereocenters. The van der Waals surface area contributed by atoms with Crippen LogP contribution in [-0.2, 0) is 9.84 Å². The molecule has 1 amide bonds. The minimum Gasteiger partial charge on any atom is -0.363 e. The molecule has 0 aliphatic carbocycles. The number of aromatic nitrogens is 1. The van der Waals surface area contributed by atoms with E-state index in [4.69, 9.17) is 4.52 Å². The quantitative estimate of drug-likeness (QED) is 0.929. The third kappa shape index (κ3) is 3.19. The lowest BCUT2D eigenvalue weighted by Crippen LogP contribution is -2.40. The van der Waals surface area contributed by atoms with Gasteiger partial charge in [-0.05, 0) is 12.8 Å². The van der Waals surface area contributed by atoms with Gasteiger partial charge < -0.3 is 9.84 Å². The third-order valence-electron chi connectivity index (χ3n) is 3.75. The highest BCUT2D eigenvalue weighted by Gasteiger charge is 2.26. The summed E-state index contributed by atoms with van der Waals surface area (Å²) in [5.41, 5.74) is 1.65. The fraction of sp³-hybridized carbons (Fsp3) is 0.333. The Morgan fingerprint density at radius 1 is 1.18 bits per heavy atom. The summed E-state index contributed by atoms with van der Waals surface area (Å²) in [6.07, 6.45) is 2.21. The van der Waals surface area contributed by atoms with Gasteiger partial charge in [0.25, 0.3) is 5.91 Å². The van der Waals surface area contributed by atoms with Crippen LogP contribution in [0, 0.1) is 0 Å². The summed E-state index contributed by atoms with van der Waals surface area (Å²) in [7, 11) is -2.94. The van der Waals surface area contributed by atoms with Gasteiger partial charge in [-0.15, -0.1) is 0 Å². The Bertz CT molecular complexity index is 754. The number of amides is 1. The zero-order chi connectivity index (χ0) is 15.6. The fourth-order valence-corrected chi connectivity index (χ4v) is 3.99. The number of rotatable bonds is 3. The predicted molar refractivity (Wildman–Crippen MR) is 81.1 cm³/mol. The maximum absolute atomic E-state index is 12.4. The SMILES string of the molecule is O=C(NC1CCS(=O)(=O)CC1)c1conc1-c1ccccc1. The highest BCUT2D eigenvalue weighted by molar-refractivity contribution is 7.91. The maximum Gasteiger partial charge on any atom is 0.257 e. The molecule has 3 rings (SSSR count). The van der Waals surface area contributed by atoms with Gasteiger partial charge in [0.05, 0.1) is 11.5 Å². The summed E-state index contributed by atoms with van der Waals surface area (Å²) >= 11 is 0. The van der Waals surface area contributed by atoms with Crippen molar-refractivity contribution in [3.8, 4) is 11.3 Å². The first-order valence-electron chi connectivity index (χ1n) is 7.06. The van der Waals surface area contributed by atoms with E-state index in [2.05, 4.69) is 10.5 Å². The Labute approximate surface area is 128 Å². The first-order chi connectivity index (χ1) is 10.6. The molecule has 1 aromatic heterocycles. The van der Waals surface area contributed by atoms with E-state index in [0.29, 0.717) is 24.1 Å². The average molecular weight is 320 g/mol. The molecule has 0 radical (unpaired) electrons. The Morgan fingerprint density at radius 3 is 2.55 bits per heavy atom. The molecule has 6 nitrogen and oxygen atoms in total. The van der Waals surface area contributed by atoms with Crippen molar-refractivity contribution in [1.82, 2.24) is 10.5 Å². The number of sulfone groups is 1. The van der Waals surface area contributed by atoms with Gasteiger partial charge >= 0.3 is 0 Å². The van der Waals surface area contributed by atoms with Crippen LogP contribution in [0.5, 0.6) is 0 Å². The second-order valence-electron chi connectivity index (χ2n) is 5.34. The van der Waals surface area contributed by atoms with E-state index in [1.165, 1.54) is 6.26 Å². The first-order valence-corrected chi connectivity index (χ1v) is 8.88. The third-order valence-corrected chi connectivity index (χ3v) is 5.47. The number of nitrogens with zero attached hydrogens (tertiary/aromatic N) is 1. The van der Waals surface area contributed by atoms with Gasteiger partial charge in [0.2, 0.25) is 0 Å². The molecule has 2 aromatic rings. The summed E-state index contributed by atoms with van der Waals surface area (Å²) in [5.74, 6) is -0.0512. The predicted octanol–water partition coefficient (Wildman–Crippen LogP) is 1.65. The molecule has 1 aromatic carbocycles. The normalized spacial score (nSPS) is 18.0. The lowest BCUT2D eigenvalue weighted by Gasteiger charge is -2.22. The van der Waals surface area contributed by atoms with E-state index >= 15 is 0 Å². The van der Waals surface area contributed by atoms with Gasteiger partial charge in [-0.2, -0.15) is 0 Å². The lowest BCUT2D eigenvalue weighted by atomic mass is 10.1. The number of carbonyl (C=O) groups is 1. The van der Waals surface area contributed by atoms with Crippen LogP contribution >= 0.6 is 0 Å². The van der Waals surface area contributed by atoms with E-state index in [9.17, 15) is 13.2 Å². The van der Waals surface area contributed by atoms with Crippen LogP contribution in [0.4, 0.5) is 0 Å². The zero-order valence-corrected chi connectivity index (χ0v) is 12.7. The van der Waals surface area contributed by atoms with Crippen molar-refractivity contribution in [2.75, 3.05) is 11.5 Å². The number of nitrogens with one attached hydrogen (secondary N) is 1. The molecular weight excluding hydrogens is 304 g/mol. The monoisotopic (exact) mass is 320 g/mol. The lowest BCUT2D eigenvalue weighted by molar-refractivity contribution is 0.0934. The summed E-state index contributed by atoms with van der Waals surface area (Å²) in [6, 6.07) is 9.17. The number of hydrogen-bond acceptors (Lipinski definition) is 5. The van der Waals surface area contributed by atoms with Crippen molar-refractivity contribution in [2.45, 2.75) is 18.9 Å². The molecule has 2 heterocycles. The fourth-order valence-electron chi connectivity index (χ4n) is 2.50. The van der Waals surface area contributed by atoms with Crippen LogP contribution in [0.2, 0.25) is 0 Å². The molecule has 22 heavy (non-hydrogen) atoms. The largest absolute Gasteiger partial charge is 0.363 e. The summed E-state index contributed by atoms with van der Waals surface area (Å²) in [6.45, 7) is 0. The Balaban J connectivity index is 1.73. The highest BCUT2D eigenvalue weighted by atomic mass is 32.2. The van der Waals surface area contributed by atoms with E-state index in [1.54, 1.807) is 0 Å². The Kier molecular flexibility index (Phi) is 3.98. The van der Waals surface area contributed by atoms with E-state index < -0.39 is 9.84 Å². The summed E-state index contributed by atoms with van der Waals surface area (Å²) < 4.78 is 27.8. The van der Waals surface area contributed by atoms with E-state index in [0.717, 1.165) is 5.56 Å². The zero-order valence-electron chi connectivity index (χ0n) is 11.9. The molecule has 0 saturated carbocycles. The first kappa shape index (κ1) is 14.8. The van der Waals surface area contributed by atoms with E-state index in [1.807, 2.05) is 30.3 Å². The van der Waals surface area contributed by atoms with Crippen molar-refractivity contribution >= 4 is 15.7 Å². The van der Waals surface area contributed by atoms with Crippen LogP contribution in [0.3, 0.4) is 0 Å². The standard InChI is InChI=1S/C15H16N2O4S/c18-15(16-12-6-8-22(19,20)9-7-12)13-10-21-17-14(13)11-4-2-1-3-5-11/h1-5,10,12H,6-9H2,(H,16,18). The second-order valence-corrected chi connectivity index (χ2v) is 7.65. The molecule has 116 valence electrons. The Morgan fingerprint density at radius 2 is 1.86 bits per heavy atom. The summed E-state index contributed by atoms with van der Waals surface area (Å²) in [4.78, 5) is 12.4. The average Bonchev–Trinajstić information content (AvgIpc) is 3.00. The number of carbonyl (C=O) groups excluding carboxylic acids is 1. The van der Waals surface area contributed by atoms with Gasteiger partial charge in [0.15, 0.2) is 0 Å². The topological polar surface area (TPSA) is 89.3 Å². The van der Waals surface area contributed by atoms with Crippen molar-refractivity contribution in [3.05, 3.63) is 42.2 Å². The van der Waals surface area contributed by atoms with Gasteiger partial charge in [0.1, 0.15) is 27.4 Å². The van der Waals surface area contributed by atoms with Crippen LogP contribution in [0.1, 0.15) is 23.2 Å².